The fraction of sp³-hybridized carbons (Fsp3) is 0.409. The number of carbonyl (C=O) groups is 1. The molecule has 0 unspecified atom stereocenters. The summed E-state index contributed by atoms with van der Waals surface area (Å²) in [4.78, 5) is 12.9. The Kier molecular flexibility index (Phi) is 8.41. The molecular weight excluding hydrogens is 477 g/mol. The topological polar surface area (TPSA) is 141 Å². The second-order valence-corrected chi connectivity index (χ2v) is 8.31. The standard InChI is InChI=1S/C22H25Cl2NO8/c1-10-13(21(29)33-20-17(27)15(8-26)32-22(30-2)18(20)28)7-14(23)19(16(10)24)31-9-11-4-3-5-12(25)6-11/h3-7,15,17-18,20,22,26-28H,8-9,25H2,1-2H3/t15-,17-,18-,20+,22+/m1/s1. The number of hydrogen-bond donors (Lipinski definition) is 4. The molecule has 5 atom stereocenters. The molecule has 33 heavy (non-hydrogen) atoms. The lowest BCUT2D eigenvalue weighted by molar-refractivity contribution is -0.293. The minimum Gasteiger partial charge on any atom is -0.486 e. The summed E-state index contributed by atoms with van der Waals surface area (Å²) in [5.74, 6) is -0.712. The smallest absolute Gasteiger partial charge is 0.338 e. The van der Waals surface area contributed by atoms with Crippen LogP contribution in [0.1, 0.15) is 21.5 Å². The maximum absolute atomic E-state index is 12.9. The fourth-order valence-electron chi connectivity index (χ4n) is 3.45. The van der Waals surface area contributed by atoms with Gasteiger partial charge in [0.1, 0.15) is 24.9 Å². The van der Waals surface area contributed by atoms with Crippen LogP contribution in [0.3, 0.4) is 0 Å². The maximum Gasteiger partial charge on any atom is 0.338 e. The van der Waals surface area contributed by atoms with Crippen molar-refractivity contribution >= 4 is 34.9 Å². The summed E-state index contributed by atoms with van der Waals surface area (Å²) in [5.41, 5.74) is 7.50. The average molecular weight is 502 g/mol. The summed E-state index contributed by atoms with van der Waals surface area (Å²) in [7, 11) is 1.27. The van der Waals surface area contributed by atoms with Gasteiger partial charge in [-0.25, -0.2) is 4.79 Å². The molecule has 180 valence electrons. The Bertz CT molecular complexity index is 989. The molecule has 5 N–H and O–H groups in total. The van der Waals surface area contributed by atoms with Crippen LogP contribution < -0.4 is 10.5 Å². The van der Waals surface area contributed by atoms with E-state index >= 15 is 0 Å². The summed E-state index contributed by atoms with van der Waals surface area (Å²) in [6, 6.07) is 8.44. The van der Waals surface area contributed by atoms with Crippen LogP contribution in [0.25, 0.3) is 0 Å². The zero-order chi connectivity index (χ0) is 24.3. The second-order valence-electron chi connectivity index (χ2n) is 7.52. The quantitative estimate of drug-likeness (QED) is 0.331. The van der Waals surface area contributed by atoms with Crippen molar-refractivity contribution in [3.8, 4) is 5.75 Å². The van der Waals surface area contributed by atoms with Crippen molar-refractivity contribution in [3.05, 3.63) is 57.1 Å². The van der Waals surface area contributed by atoms with Gasteiger partial charge in [-0.3, -0.25) is 0 Å². The zero-order valence-electron chi connectivity index (χ0n) is 17.9. The van der Waals surface area contributed by atoms with Crippen LogP contribution in [0, 0.1) is 6.92 Å². The van der Waals surface area contributed by atoms with E-state index in [2.05, 4.69) is 0 Å². The van der Waals surface area contributed by atoms with Gasteiger partial charge in [0.2, 0.25) is 0 Å². The third-order valence-electron chi connectivity index (χ3n) is 5.27. The fourth-order valence-corrected chi connectivity index (χ4v) is 4.02. The van der Waals surface area contributed by atoms with Gasteiger partial charge >= 0.3 is 5.97 Å². The van der Waals surface area contributed by atoms with Gasteiger partial charge < -0.3 is 40.0 Å². The predicted octanol–water partition coefficient (Wildman–Crippen LogP) is 2.07. The highest BCUT2D eigenvalue weighted by Crippen LogP contribution is 2.38. The van der Waals surface area contributed by atoms with Crippen molar-refractivity contribution in [2.24, 2.45) is 0 Å². The van der Waals surface area contributed by atoms with Gasteiger partial charge in [0.15, 0.2) is 18.1 Å². The lowest BCUT2D eigenvalue weighted by atomic mass is 9.98. The van der Waals surface area contributed by atoms with Crippen molar-refractivity contribution in [2.75, 3.05) is 19.5 Å². The highest BCUT2D eigenvalue weighted by atomic mass is 35.5. The largest absolute Gasteiger partial charge is 0.486 e. The molecule has 1 fully saturated rings. The Morgan fingerprint density at radius 1 is 1.21 bits per heavy atom. The lowest BCUT2D eigenvalue weighted by Gasteiger charge is -2.40. The van der Waals surface area contributed by atoms with Crippen molar-refractivity contribution in [2.45, 2.75) is 44.2 Å². The number of nitrogens with two attached hydrogens (primary N) is 1. The van der Waals surface area contributed by atoms with Crippen molar-refractivity contribution in [1.82, 2.24) is 0 Å². The van der Waals surface area contributed by atoms with Gasteiger partial charge in [-0.05, 0) is 36.2 Å². The number of methoxy groups -OCH3 is 1. The minimum absolute atomic E-state index is 0.0155. The second kappa shape index (κ2) is 10.9. The third kappa shape index (κ3) is 5.52. The SMILES string of the molecule is CO[C@H]1O[C@H](CO)[C@@H](O)[C@H](OC(=O)c2cc(Cl)c(OCc3cccc(N)c3)c(Cl)c2C)[C@H]1O. The molecule has 1 aliphatic heterocycles. The first-order valence-corrected chi connectivity index (χ1v) is 10.8. The van der Waals surface area contributed by atoms with Crippen LogP contribution in [0.4, 0.5) is 5.69 Å². The van der Waals surface area contributed by atoms with E-state index in [9.17, 15) is 20.1 Å². The monoisotopic (exact) mass is 501 g/mol. The van der Waals surface area contributed by atoms with Crippen LogP contribution in [0.2, 0.25) is 10.0 Å². The molecule has 9 nitrogen and oxygen atoms in total. The van der Waals surface area contributed by atoms with Crippen molar-refractivity contribution in [1.29, 1.82) is 0 Å². The van der Waals surface area contributed by atoms with Gasteiger partial charge in [-0.15, -0.1) is 0 Å². The molecule has 2 aromatic carbocycles. The number of aliphatic hydroxyl groups excluding tert-OH is 3. The molecule has 0 aliphatic carbocycles. The average Bonchev–Trinajstić information content (AvgIpc) is 2.79. The third-order valence-corrected chi connectivity index (χ3v) is 6.01. The lowest BCUT2D eigenvalue weighted by Crippen LogP contribution is -2.60. The van der Waals surface area contributed by atoms with Crippen molar-refractivity contribution < 1.29 is 39.1 Å². The maximum atomic E-state index is 12.9. The minimum atomic E-state index is -1.50. The number of benzene rings is 2. The number of halogens is 2. The van der Waals surface area contributed by atoms with Gasteiger partial charge in [0.25, 0.3) is 0 Å². The van der Waals surface area contributed by atoms with E-state index in [1.165, 1.54) is 13.2 Å². The van der Waals surface area contributed by atoms with Crippen LogP contribution in [0.15, 0.2) is 30.3 Å². The molecule has 0 radical (unpaired) electrons. The summed E-state index contributed by atoms with van der Waals surface area (Å²) in [5, 5.41) is 30.3. The van der Waals surface area contributed by atoms with E-state index in [1.807, 2.05) is 6.07 Å². The van der Waals surface area contributed by atoms with E-state index in [0.29, 0.717) is 11.3 Å². The first kappa shape index (κ1) is 25.5. The first-order chi connectivity index (χ1) is 15.7. The normalized spacial score (nSPS) is 25.0. The molecule has 0 amide bonds. The molecule has 0 aromatic heterocycles. The van der Waals surface area contributed by atoms with Crippen LogP contribution in [-0.4, -0.2) is 65.7 Å². The van der Waals surface area contributed by atoms with Gasteiger partial charge in [0, 0.05) is 12.8 Å². The molecule has 0 saturated carbocycles. The molecule has 3 rings (SSSR count). The number of ether oxygens (including phenoxy) is 4. The van der Waals surface area contributed by atoms with Crippen molar-refractivity contribution in [3.63, 3.8) is 0 Å². The van der Waals surface area contributed by atoms with E-state index in [1.54, 1.807) is 25.1 Å². The summed E-state index contributed by atoms with van der Waals surface area (Å²) >= 11 is 12.7. The number of carbonyl (C=O) groups excluding carboxylic acids is 1. The number of esters is 1. The molecule has 1 saturated heterocycles. The van der Waals surface area contributed by atoms with Crippen LogP contribution in [0.5, 0.6) is 5.75 Å². The highest BCUT2D eigenvalue weighted by Gasteiger charge is 2.47. The Morgan fingerprint density at radius 3 is 2.58 bits per heavy atom. The van der Waals surface area contributed by atoms with E-state index in [-0.39, 0.29) is 28.0 Å². The first-order valence-electron chi connectivity index (χ1n) is 10.00. The van der Waals surface area contributed by atoms with E-state index in [4.69, 9.17) is 47.9 Å². The summed E-state index contributed by atoms with van der Waals surface area (Å²) in [6.45, 7) is 1.15. The molecule has 0 bridgehead atoms. The highest BCUT2D eigenvalue weighted by molar-refractivity contribution is 6.38. The summed E-state index contributed by atoms with van der Waals surface area (Å²) < 4.78 is 21.4. The van der Waals surface area contributed by atoms with Crippen LogP contribution in [-0.2, 0) is 20.8 Å². The predicted molar refractivity (Wildman–Crippen MR) is 120 cm³/mol. The molecule has 0 spiro atoms. The molecule has 2 aromatic rings. The number of aliphatic hydroxyl groups is 3. The van der Waals surface area contributed by atoms with Gasteiger partial charge in [-0.2, -0.15) is 0 Å². The number of hydrogen-bond acceptors (Lipinski definition) is 9. The Morgan fingerprint density at radius 2 is 1.94 bits per heavy atom. The Balaban J connectivity index is 1.80. The Hall–Kier alpha value is -2.11. The molecule has 11 heteroatoms. The number of rotatable bonds is 7. The van der Waals surface area contributed by atoms with Gasteiger partial charge in [0.05, 0.1) is 22.2 Å². The molecular formula is C22H25Cl2NO8. The van der Waals surface area contributed by atoms with Crippen LogP contribution >= 0.6 is 23.2 Å². The van der Waals surface area contributed by atoms with E-state index in [0.717, 1.165) is 5.56 Å². The zero-order valence-corrected chi connectivity index (χ0v) is 19.4. The molecule has 1 aliphatic rings. The number of nitrogen functional groups attached to an aromatic ring is 1. The number of anilines is 1. The Labute approximate surface area is 200 Å². The summed E-state index contributed by atoms with van der Waals surface area (Å²) in [6.07, 6.45) is -6.74. The van der Waals surface area contributed by atoms with Gasteiger partial charge in [-0.1, -0.05) is 35.3 Å². The van der Waals surface area contributed by atoms with E-state index < -0.39 is 43.3 Å². The molecule has 1 heterocycles.